The number of aromatic hydroxyl groups is 1. The number of nitrogens with zero attached hydrogens (tertiary/aromatic N) is 1. The molecule has 3 amide bonds. The van der Waals surface area contributed by atoms with Gasteiger partial charge >= 0.3 is 12.1 Å². The zero-order valence-corrected chi connectivity index (χ0v) is 25.2. The molecule has 0 saturated carbocycles. The first-order valence-corrected chi connectivity index (χ1v) is 13.7. The number of phenols is 1. The van der Waals surface area contributed by atoms with Gasteiger partial charge in [-0.1, -0.05) is 42.5 Å². The van der Waals surface area contributed by atoms with Gasteiger partial charge < -0.3 is 30.1 Å². The van der Waals surface area contributed by atoms with Gasteiger partial charge in [0.2, 0.25) is 11.8 Å². The number of ether oxygens (including phenoxy) is 2. The average Bonchev–Trinajstić information content (AvgIpc) is 2.85. The van der Waals surface area contributed by atoms with Crippen molar-refractivity contribution >= 4 is 23.9 Å². The van der Waals surface area contributed by atoms with E-state index in [1.807, 2.05) is 30.3 Å². The predicted molar refractivity (Wildman–Crippen MR) is 155 cm³/mol. The summed E-state index contributed by atoms with van der Waals surface area (Å²) in [5.41, 5.74) is -0.339. The molecule has 3 atom stereocenters. The second-order valence-electron chi connectivity index (χ2n) is 11.8. The molecular formula is C31H43N3O7. The van der Waals surface area contributed by atoms with Gasteiger partial charge in [0.15, 0.2) is 0 Å². The van der Waals surface area contributed by atoms with E-state index in [0.717, 1.165) is 5.56 Å². The molecule has 41 heavy (non-hydrogen) atoms. The standard InChI is InChI=1S/C31H43N3O7/c1-9-34(27(37)20(2)32-29(39)41-31(6,7)8)25(22-15-17-23(35)18-16-22)26(36)33-24(28(38)40-30(3,4)5)19-21-13-11-10-12-14-21/h10-18,20,24-25,35H,9,19H2,1-8H3,(H,32,39)(H,33,36). The molecule has 0 heterocycles. The van der Waals surface area contributed by atoms with Gasteiger partial charge in [-0.05, 0) is 78.6 Å². The Hall–Kier alpha value is -4.08. The van der Waals surface area contributed by atoms with E-state index in [2.05, 4.69) is 10.6 Å². The summed E-state index contributed by atoms with van der Waals surface area (Å²) in [6.45, 7) is 13.6. The summed E-state index contributed by atoms with van der Waals surface area (Å²) in [6.07, 6.45) is -0.603. The number of carbonyl (C=O) groups excluding carboxylic acids is 4. The van der Waals surface area contributed by atoms with Gasteiger partial charge in [0.25, 0.3) is 0 Å². The van der Waals surface area contributed by atoms with Crippen LogP contribution in [-0.4, -0.2) is 63.7 Å². The summed E-state index contributed by atoms with van der Waals surface area (Å²) in [5, 5.41) is 15.2. The van der Waals surface area contributed by atoms with Crippen molar-refractivity contribution in [1.29, 1.82) is 0 Å². The summed E-state index contributed by atoms with van der Waals surface area (Å²) in [6, 6.07) is 11.8. The molecule has 2 aromatic carbocycles. The number of carbonyl (C=O) groups is 4. The van der Waals surface area contributed by atoms with Crippen LogP contribution < -0.4 is 10.6 Å². The van der Waals surface area contributed by atoms with Crippen LogP contribution in [0.4, 0.5) is 4.79 Å². The third-order valence-electron chi connectivity index (χ3n) is 5.79. The number of rotatable bonds is 10. The Labute approximate surface area is 242 Å². The largest absolute Gasteiger partial charge is 0.508 e. The maximum absolute atomic E-state index is 13.9. The van der Waals surface area contributed by atoms with Crippen LogP contribution in [0.1, 0.15) is 72.6 Å². The molecule has 0 radical (unpaired) electrons. The van der Waals surface area contributed by atoms with Crippen molar-refractivity contribution < 1.29 is 33.8 Å². The van der Waals surface area contributed by atoms with E-state index in [1.54, 1.807) is 48.5 Å². The molecule has 3 unspecified atom stereocenters. The number of esters is 1. The fourth-order valence-corrected chi connectivity index (χ4v) is 4.06. The molecule has 0 aliphatic heterocycles. The SMILES string of the molecule is CCN(C(=O)C(C)NC(=O)OC(C)(C)C)C(C(=O)NC(Cc1ccccc1)C(=O)OC(C)(C)C)c1ccc(O)cc1. The number of benzene rings is 2. The molecule has 3 N–H and O–H groups in total. The van der Waals surface area contributed by atoms with Crippen LogP contribution in [0.2, 0.25) is 0 Å². The lowest BCUT2D eigenvalue weighted by Crippen LogP contribution is -2.54. The van der Waals surface area contributed by atoms with Crippen molar-refractivity contribution in [2.24, 2.45) is 0 Å². The van der Waals surface area contributed by atoms with Crippen LogP contribution in [0.3, 0.4) is 0 Å². The van der Waals surface area contributed by atoms with Crippen LogP contribution >= 0.6 is 0 Å². The molecule has 0 aliphatic carbocycles. The summed E-state index contributed by atoms with van der Waals surface area (Å²) in [5.74, 6) is -1.79. The van der Waals surface area contributed by atoms with Gasteiger partial charge in [-0.15, -0.1) is 0 Å². The highest BCUT2D eigenvalue weighted by Gasteiger charge is 2.36. The number of hydrogen-bond acceptors (Lipinski definition) is 7. The molecule has 0 aliphatic rings. The molecule has 10 heteroatoms. The topological polar surface area (TPSA) is 134 Å². The van der Waals surface area contributed by atoms with E-state index in [1.165, 1.54) is 36.1 Å². The van der Waals surface area contributed by atoms with Gasteiger partial charge in [0.1, 0.15) is 35.1 Å². The first kappa shape index (κ1) is 33.1. The van der Waals surface area contributed by atoms with E-state index < -0.39 is 53.2 Å². The lowest BCUT2D eigenvalue weighted by molar-refractivity contribution is -0.159. The van der Waals surface area contributed by atoms with Gasteiger partial charge in [-0.25, -0.2) is 9.59 Å². The molecule has 0 fully saturated rings. The molecular weight excluding hydrogens is 526 g/mol. The molecule has 224 valence electrons. The van der Waals surface area contributed by atoms with E-state index in [4.69, 9.17) is 9.47 Å². The van der Waals surface area contributed by atoms with E-state index >= 15 is 0 Å². The molecule has 10 nitrogen and oxygen atoms in total. The lowest BCUT2D eigenvalue weighted by Gasteiger charge is -2.34. The number of likely N-dealkylation sites (N-methyl/N-ethyl adjacent to an activating group) is 1. The van der Waals surface area contributed by atoms with Crippen LogP contribution in [0.5, 0.6) is 5.75 Å². The highest BCUT2D eigenvalue weighted by molar-refractivity contribution is 5.93. The minimum absolute atomic E-state index is 0.0158. The summed E-state index contributed by atoms with van der Waals surface area (Å²) in [4.78, 5) is 54.4. The van der Waals surface area contributed by atoms with Gasteiger partial charge in [-0.3, -0.25) is 9.59 Å². The Balaban J connectivity index is 2.42. The third-order valence-corrected chi connectivity index (χ3v) is 5.79. The second-order valence-corrected chi connectivity index (χ2v) is 11.8. The first-order valence-electron chi connectivity index (χ1n) is 13.7. The molecule has 0 aromatic heterocycles. The maximum atomic E-state index is 13.9. The fraction of sp³-hybridized carbons (Fsp3) is 0.484. The number of amides is 3. The Morgan fingerprint density at radius 1 is 0.854 bits per heavy atom. The minimum atomic E-state index is -1.18. The van der Waals surface area contributed by atoms with Gasteiger partial charge in [-0.2, -0.15) is 0 Å². The van der Waals surface area contributed by atoms with Gasteiger partial charge in [0, 0.05) is 13.0 Å². The van der Waals surface area contributed by atoms with Crippen molar-refractivity contribution in [1.82, 2.24) is 15.5 Å². The number of alkyl carbamates (subject to hydrolysis) is 1. The van der Waals surface area contributed by atoms with E-state index in [0.29, 0.717) is 5.56 Å². The summed E-state index contributed by atoms with van der Waals surface area (Å²) >= 11 is 0. The Morgan fingerprint density at radius 2 is 1.41 bits per heavy atom. The van der Waals surface area contributed by atoms with E-state index in [9.17, 15) is 24.3 Å². The van der Waals surface area contributed by atoms with Crippen LogP contribution in [0.25, 0.3) is 0 Å². The molecule has 0 spiro atoms. The van der Waals surface area contributed by atoms with Crippen molar-refractivity contribution in [3.63, 3.8) is 0 Å². The summed E-state index contributed by atoms with van der Waals surface area (Å²) < 4.78 is 10.9. The predicted octanol–water partition coefficient (Wildman–Crippen LogP) is 4.26. The number of phenolic OH excluding ortho intramolecular Hbond substituents is 1. The molecule has 0 saturated heterocycles. The molecule has 2 rings (SSSR count). The Bertz CT molecular complexity index is 1180. The zero-order chi connectivity index (χ0) is 31.0. The molecule has 2 aromatic rings. The monoisotopic (exact) mass is 569 g/mol. The van der Waals surface area contributed by atoms with E-state index in [-0.39, 0.29) is 18.7 Å². The fourth-order valence-electron chi connectivity index (χ4n) is 4.06. The van der Waals surface area contributed by atoms with Crippen molar-refractivity contribution in [3.05, 3.63) is 65.7 Å². The van der Waals surface area contributed by atoms with Crippen molar-refractivity contribution in [3.8, 4) is 5.75 Å². The maximum Gasteiger partial charge on any atom is 0.408 e. The zero-order valence-electron chi connectivity index (χ0n) is 25.2. The van der Waals surface area contributed by atoms with Crippen LogP contribution in [0.15, 0.2) is 54.6 Å². The third kappa shape index (κ3) is 10.8. The number of nitrogens with one attached hydrogen (secondary N) is 2. The smallest absolute Gasteiger partial charge is 0.408 e. The minimum Gasteiger partial charge on any atom is -0.508 e. The second kappa shape index (κ2) is 14.0. The highest BCUT2D eigenvalue weighted by Crippen LogP contribution is 2.25. The normalized spacial score (nSPS) is 13.8. The van der Waals surface area contributed by atoms with Crippen molar-refractivity contribution in [2.75, 3.05) is 6.54 Å². The highest BCUT2D eigenvalue weighted by atomic mass is 16.6. The van der Waals surface area contributed by atoms with Crippen molar-refractivity contribution in [2.45, 2.75) is 91.1 Å². The Kier molecular flexibility index (Phi) is 11.3. The lowest BCUT2D eigenvalue weighted by atomic mass is 10.0. The number of hydrogen-bond donors (Lipinski definition) is 3. The van der Waals surface area contributed by atoms with Gasteiger partial charge in [0.05, 0.1) is 0 Å². The van der Waals surface area contributed by atoms with Crippen LogP contribution in [-0.2, 0) is 30.3 Å². The Morgan fingerprint density at radius 3 is 1.93 bits per heavy atom. The quantitative estimate of drug-likeness (QED) is 0.364. The molecule has 0 bridgehead atoms. The first-order chi connectivity index (χ1) is 19.0. The summed E-state index contributed by atoms with van der Waals surface area (Å²) in [7, 11) is 0. The van der Waals surface area contributed by atoms with Crippen LogP contribution in [0, 0.1) is 0 Å². The average molecular weight is 570 g/mol.